The number of hydrogen-bond donors (Lipinski definition) is 1. The molecule has 166 valence electrons. The highest BCUT2D eigenvalue weighted by Gasteiger charge is 2.34. The number of benzene rings is 3. The first-order chi connectivity index (χ1) is 15.5. The van der Waals surface area contributed by atoms with Crippen molar-refractivity contribution in [3.63, 3.8) is 0 Å². The van der Waals surface area contributed by atoms with Crippen molar-refractivity contribution in [2.75, 3.05) is 20.2 Å². The molecule has 0 atom stereocenters. The topological polar surface area (TPSA) is 50.8 Å². The van der Waals surface area contributed by atoms with Gasteiger partial charge in [0.25, 0.3) is 0 Å². The Morgan fingerprint density at radius 1 is 0.938 bits per heavy atom. The van der Waals surface area contributed by atoms with Gasteiger partial charge < -0.3 is 19.7 Å². The van der Waals surface area contributed by atoms with Gasteiger partial charge in [-0.05, 0) is 53.1 Å². The zero-order valence-corrected chi connectivity index (χ0v) is 19.1. The fourth-order valence-corrected chi connectivity index (χ4v) is 3.79. The van der Waals surface area contributed by atoms with Gasteiger partial charge in [-0.2, -0.15) is 0 Å². The Kier molecular flexibility index (Phi) is 7.20. The number of ether oxygens (including phenoxy) is 2. The van der Waals surface area contributed by atoms with E-state index in [-0.39, 0.29) is 18.2 Å². The van der Waals surface area contributed by atoms with E-state index in [1.54, 1.807) is 12.0 Å². The molecule has 1 aliphatic heterocycles. The Labute approximate surface area is 197 Å². The van der Waals surface area contributed by atoms with Crippen molar-refractivity contribution in [3.05, 3.63) is 99.5 Å². The number of urea groups is 1. The Morgan fingerprint density at radius 3 is 1.97 bits per heavy atom. The van der Waals surface area contributed by atoms with Gasteiger partial charge >= 0.3 is 6.03 Å². The maximum Gasteiger partial charge on any atom is 0.317 e. The predicted octanol–water partition coefficient (Wildman–Crippen LogP) is 5.70. The molecule has 0 unspecified atom stereocenters. The molecule has 7 heteroatoms. The molecule has 0 bridgehead atoms. The Balaban J connectivity index is 1.34. The molecule has 32 heavy (non-hydrogen) atoms. The molecule has 1 fully saturated rings. The molecule has 0 aromatic heterocycles. The fraction of sp³-hybridized carbons (Fsp3) is 0.240. The number of rotatable bonds is 7. The summed E-state index contributed by atoms with van der Waals surface area (Å²) >= 11 is 12.1. The normalized spacial score (nSPS) is 13.7. The fourth-order valence-electron chi connectivity index (χ4n) is 3.54. The summed E-state index contributed by atoms with van der Waals surface area (Å²) in [5.74, 6) is 0.790. The summed E-state index contributed by atoms with van der Waals surface area (Å²) in [4.78, 5) is 14.2. The van der Waals surface area contributed by atoms with E-state index in [0.29, 0.717) is 29.7 Å². The molecule has 0 aliphatic carbocycles. The maximum absolute atomic E-state index is 12.5. The lowest BCUT2D eigenvalue weighted by Crippen LogP contribution is -2.57. The number of carbonyl (C=O) groups excluding carboxylic acids is 1. The molecule has 1 heterocycles. The summed E-state index contributed by atoms with van der Waals surface area (Å²) in [7, 11) is 1.63. The SMILES string of the molecule is COc1ccc(CNC(=O)N2CC(OC(c3ccc(Cl)cc3)c3ccc(Cl)cc3)C2)cc1. The highest BCUT2D eigenvalue weighted by atomic mass is 35.5. The van der Waals surface area contributed by atoms with Crippen molar-refractivity contribution in [1.82, 2.24) is 10.2 Å². The van der Waals surface area contributed by atoms with Crippen LogP contribution < -0.4 is 10.1 Å². The van der Waals surface area contributed by atoms with Crippen LogP contribution in [0, 0.1) is 0 Å². The number of likely N-dealkylation sites (tertiary alicyclic amines) is 1. The third-order valence-electron chi connectivity index (χ3n) is 5.41. The number of carbonyl (C=O) groups is 1. The lowest BCUT2D eigenvalue weighted by atomic mass is 10.0. The number of nitrogens with zero attached hydrogens (tertiary/aromatic N) is 1. The van der Waals surface area contributed by atoms with E-state index in [9.17, 15) is 4.79 Å². The van der Waals surface area contributed by atoms with E-state index in [1.807, 2.05) is 72.8 Å². The lowest BCUT2D eigenvalue weighted by Gasteiger charge is -2.40. The third-order valence-corrected chi connectivity index (χ3v) is 5.92. The average Bonchev–Trinajstić information content (AvgIpc) is 2.79. The van der Waals surface area contributed by atoms with Gasteiger partial charge in [0, 0.05) is 16.6 Å². The number of methoxy groups -OCH3 is 1. The first-order valence-corrected chi connectivity index (χ1v) is 11.1. The molecule has 0 saturated carbocycles. The summed E-state index contributed by atoms with van der Waals surface area (Å²) in [5, 5.41) is 4.30. The van der Waals surface area contributed by atoms with Crippen LogP contribution in [0.2, 0.25) is 10.0 Å². The van der Waals surface area contributed by atoms with Gasteiger partial charge in [0.1, 0.15) is 11.9 Å². The molecule has 5 nitrogen and oxygen atoms in total. The molecular weight excluding hydrogens is 447 g/mol. The van der Waals surface area contributed by atoms with Crippen LogP contribution >= 0.6 is 23.2 Å². The Morgan fingerprint density at radius 2 is 1.47 bits per heavy atom. The van der Waals surface area contributed by atoms with Crippen molar-refractivity contribution in [3.8, 4) is 5.75 Å². The summed E-state index contributed by atoms with van der Waals surface area (Å²) in [6, 6.07) is 22.8. The molecule has 1 saturated heterocycles. The lowest BCUT2D eigenvalue weighted by molar-refractivity contribution is -0.0645. The maximum atomic E-state index is 12.5. The standard InChI is InChI=1S/C25H24Cl2N2O3/c1-31-22-12-2-17(3-13-22)14-28-25(30)29-15-23(16-29)32-24(18-4-8-20(26)9-5-18)19-6-10-21(27)11-7-19/h2-13,23-24H,14-16H2,1H3,(H,28,30). The molecule has 0 radical (unpaired) electrons. The zero-order valence-electron chi connectivity index (χ0n) is 17.6. The summed E-state index contributed by atoms with van der Waals surface area (Å²) in [6.45, 7) is 1.53. The van der Waals surface area contributed by atoms with Crippen molar-refractivity contribution in [2.45, 2.75) is 18.8 Å². The second-order valence-corrected chi connectivity index (χ2v) is 8.53. The van der Waals surface area contributed by atoms with E-state index in [2.05, 4.69) is 5.32 Å². The smallest absolute Gasteiger partial charge is 0.317 e. The van der Waals surface area contributed by atoms with Crippen LogP contribution in [0.25, 0.3) is 0 Å². The minimum absolute atomic E-state index is 0.0573. The zero-order chi connectivity index (χ0) is 22.5. The van der Waals surface area contributed by atoms with Crippen molar-refractivity contribution in [1.29, 1.82) is 0 Å². The summed E-state index contributed by atoms with van der Waals surface area (Å²) in [6.07, 6.45) is -0.322. The monoisotopic (exact) mass is 470 g/mol. The van der Waals surface area contributed by atoms with Crippen LogP contribution in [0.15, 0.2) is 72.8 Å². The number of halogens is 2. The molecule has 4 rings (SSSR count). The molecular formula is C25H24Cl2N2O3. The van der Waals surface area contributed by atoms with Gasteiger partial charge in [-0.15, -0.1) is 0 Å². The minimum atomic E-state index is -0.265. The summed E-state index contributed by atoms with van der Waals surface area (Å²) < 4.78 is 11.5. The largest absolute Gasteiger partial charge is 0.497 e. The molecule has 0 spiro atoms. The van der Waals surface area contributed by atoms with Crippen LogP contribution in [0.4, 0.5) is 4.79 Å². The van der Waals surface area contributed by atoms with Crippen LogP contribution in [-0.4, -0.2) is 37.2 Å². The van der Waals surface area contributed by atoms with Gasteiger partial charge in [0.2, 0.25) is 0 Å². The van der Waals surface area contributed by atoms with E-state index in [0.717, 1.165) is 22.4 Å². The van der Waals surface area contributed by atoms with E-state index < -0.39 is 0 Å². The third kappa shape index (κ3) is 5.54. The first kappa shape index (κ1) is 22.5. The second kappa shape index (κ2) is 10.3. The van der Waals surface area contributed by atoms with Gasteiger partial charge in [0.05, 0.1) is 26.3 Å². The average molecular weight is 471 g/mol. The molecule has 1 aliphatic rings. The minimum Gasteiger partial charge on any atom is -0.497 e. The van der Waals surface area contributed by atoms with Gasteiger partial charge in [-0.25, -0.2) is 4.79 Å². The van der Waals surface area contributed by atoms with Crippen LogP contribution in [0.3, 0.4) is 0 Å². The van der Waals surface area contributed by atoms with Crippen molar-refractivity contribution >= 4 is 29.2 Å². The van der Waals surface area contributed by atoms with Crippen LogP contribution in [-0.2, 0) is 11.3 Å². The Bertz CT molecular complexity index is 989. The van der Waals surface area contributed by atoms with Crippen LogP contribution in [0.1, 0.15) is 22.8 Å². The first-order valence-electron chi connectivity index (χ1n) is 10.3. The number of amides is 2. The van der Waals surface area contributed by atoms with Crippen molar-refractivity contribution in [2.24, 2.45) is 0 Å². The molecule has 3 aromatic rings. The van der Waals surface area contributed by atoms with Crippen molar-refractivity contribution < 1.29 is 14.3 Å². The van der Waals surface area contributed by atoms with E-state index >= 15 is 0 Å². The number of nitrogens with one attached hydrogen (secondary N) is 1. The Hall–Kier alpha value is -2.73. The highest BCUT2D eigenvalue weighted by Crippen LogP contribution is 2.31. The summed E-state index contributed by atoms with van der Waals surface area (Å²) in [5.41, 5.74) is 3.01. The quantitative estimate of drug-likeness (QED) is 0.481. The van der Waals surface area contributed by atoms with Gasteiger partial charge in [0.15, 0.2) is 0 Å². The second-order valence-electron chi connectivity index (χ2n) is 7.65. The van der Waals surface area contributed by atoms with E-state index in [1.165, 1.54) is 0 Å². The highest BCUT2D eigenvalue weighted by molar-refractivity contribution is 6.30. The molecule has 1 N–H and O–H groups in total. The van der Waals surface area contributed by atoms with Gasteiger partial charge in [-0.1, -0.05) is 59.6 Å². The predicted molar refractivity (Wildman–Crippen MR) is 126 cm³/mol. The van der Waals surface area contributed by atoms with Gasteiger partial charge in [-0.3, -0.25) is 0 Å². The molecule has 3 aromatic carbocycles. The van der Waals surface area contributed by atoms with E-state index in [4.69, 9.17) is 32.7 Å². The molecule has 2 amide bonds. The van der Waals surface area contributed by atoms with Crippen LogP contribution in [0.5, 0.6) is 5.75 Å². The number of hydrogen-bond acceptors (Lipinski definition) is 3.